The molecular weight excluding hydrogens is 268 g/mol. The summed E-state index contributed by atoms with van der Waals surface area (Å²) in [5.74, 6) is -1.09. The summed E-state index contributed by atoms with van der Waals surface area (Å²) in [7, 11) is 0. The van der Waals surface area contributed by atoms with Crippen molar-refractivity contribution < 1.29 is 19.1 Å². The van der Waals surface area contributed by atoms with Crippen molar-refractivity contribution in [3.63, 3.8) is 0 Å². The Hall–Kier alpha value is -2.10. The van der Waals surface area contributed by atoms with E-state index in [-0.39, 0.29) is 19.6 Å². The molecule has 0 radical (unpaired) electrons. The number of carbonyl (C=O) groups excluding carboxylic acids is 2. The van der Waals surface area contributed by atoms with Crippen LogP contribution in [0.3, 0.4) is 0 Å². The zero-order valence-electron chi connectivity index (χ0n) is 12.6. The lowest BCUT2D eigenvalue weighted by molar-refractivity contribution is -0.168. The third-order valence-electron chi connectivity index (χ3n) is 3.65. The SMILES string of the molecule is CCOC(=O)C1(C(=O)OCC)C=C(C)c2ccccc2C1. The average Bonchev–Trinajstić information content (AvgIpc) is 2.47. The molecule has 0 atom stereocenters. The second-order valence-electron chi connectivity index (χ2n) is 5.07. The second kappa shape index (κ2) is 6.12. The van der Waals surface area contributed by atoms with Gasteiger partial charge in [-0.2, -0.15) is 0 Å². The molecule has 0 aromatic heterocycles. The van der Waals surface area contributed by atoms with Crippen molar-refractivity contribution in [3.05, 3.63) is 41.5 Å². The number of carbonyl (C=O) groups is 2. The summed E-state index contributed by atoms with van der Waals surface area (Å²) < 4.78 is 10.3. The molecule has 1 aliphatic carbocycles. The fraction of sp³-hybridized carbons (Fsp3) is 0.412. The van der Waals surface area contributed by atoms with E-state index in [4.69, 9.17) is 9.47 Å². The molecule has 0 unspecified atom stereocenters. The van der Waals surface area contributed by atoms with E-state index in [1.165, 1.54) is 0 Å². The van der Waals surface area contributed by atoms with E-state index in [1.54, 1.807) is 19.9 Å². The lowest BCUT2D eigenvalue weighted by Crippen LogP contribution is -2.44. The van der Waals surface area contributed by atoms with Crippen LogP contribution < -0.4 is 0 Å². The molecule has 0 aliphatic heterocycles. The molecule has 4 heteroatoms. The predicted molar refractivity (Wildman–Crippen MR) is 79.5 cm³/mol. The van der Waals surface area contributed by atoms with Crippen LogP contribution in [0.15, 0.2) is 30.3 Å². The Morgan fingerprint density at radius 1 is 1.10 bits per heavy atom. The van der Waals surface area contributed by atoms with Crippen LogP contribution in [0.4, 0.5) is 0 Å². The van der Waals surface area contributed by atoms with Gasteiger partial charge in [0.25, 0.3) is 0 Å². The largest absolute Gasteiger partial charge is 0.465 e. The maximum Gasteiger partial charge on any atom is 0.327 e. The molecule has 0 bridgehead atoms. The Balaban J connectivity index is 2.51. The first kappa shape index (κ1) is 15.3. The molecule has 1 aliphatic rings. The van der Waals surface area contributed by atoms with Crippen LogP contribution in [0.2, 0.25) is 0 Å². The highest BCUT2D eigenvalue weighted by Gasteiger charge is 2.49. The molecule has 2 rings (SSSR count). The molecule has 4 nitrogen and oxygen atoms in total. The van der Waals surface area contributed by atoms with Crippen LogP contribution in [-0.2, 0) is 25.5 Å². The molecule has 0 saturated heterocycles. The second-order valence-corrected chi connectivity index (χ2v) is 5.07. The Bertz CT molecular complexity index is 568. The molecule has 0 N–H and O–H groups in total. The van der Waals surface area contributed by atoms with Gasteiger partial charge in [0.05, 0.1) is 13.2 Å². The van der Waals surface area contributed by atoms with Crippen molar-refractivity contribution in [1.29, 1.82) is 0 Å². The van der Waals surface area contributed by atoms with Gasteiger partial charge in [0.2, 0.25) is 0 Å². The van der Waals surface area contributed by atoms with Crippen molar-refractivity contribution in [3.8, 4) is 0 Å². The molecule has 112 valence electrons. The van der Waals surface area contributed by atoms with Gasteiger partial charge in [-0.1, -0.05) is 30.3 Å². The van der Waals surface area contributed by atoms with Gasteiger partial charge in [-0.3, -0.25) is 9.59 Å². The van der Waals surface area contributed by atoms with Crippen LogP contribution in [0, 0.1) is 5.41 Å². The Morgan fingerprint density at radius 3 is 2.24 bits per heavy atom. The van der Waals surface area contributed by atoms with Crippen molar-refractivity contribution in [2.75, 3.05) is 13.2 Å². The minimum absolute atomic E-state index is 0.231. The number of hydrogen-bond donors (Lipinski definition) is 0. The van der Waals surface area contributed by atoms with Crippen molar-refractivity contribution in [2.24, 2.45) is 5.41 Å². The van der Waals surface area contributed by atoms with Crippen LogP contribution in [0.1, 0.15) is 31.9 Å². The Kier molecular flexibility index (Phi) is 4.46. The van der Waals surface area contributed by atoms with Gasteiger partial charge in [0, 0.05) is 6.42 Å². The lowest BCUT2D eigenvalue weighted by Gasteiger charge is -2.31. The number of benzene rings is 1. The number of allylic oxidation sites excluding steroid dienone is 1. The smallest absolute Gasteiger partial charge is 0.327 e. The summed E-state index contributed by atoms with van der Waals surface area (Å²) in [6.07, 6.45) is 1.96. The van der Waals surface area contributed by atoms with Crippen LogP contribution >= 0.6 is 0 Å². The first-order valence-corrected chi connectivity index (χ1v) is 7.17. The van der Waals surface area contributed by atoms with Crippen molar-refractivity contribution >= 4 is 17.5 Å². The summed E-state index contributed by atoms with van der Waals surface area (Å²) >= 11 is 0. The van der Waals surface area contributed by atoms with E-state index in [0.717, 1.165) is 16.7 Å². The van der Waals surface area contributed by atoms with Crippen LogP contribution in [-0.4, -0.2) is 25.2 Å². The van der Waals surface area contributed by atoms with Crippen molar-refractivity contribution in [1.82, 2.24) is 0 Å². The third kappa shape index (κ3) is 2.71. The third-order valence-corrected chi connectivity index (χ3v) is 3.65. The first-order valence-electron chi connectivity index (χ1n) is 7.17. The maximum atomic E-state index is 12.4. The standard InChI is InChI=1S/C17H20O4/c1-4-20-15(18)17(16(19)21-5-2)10-12(3)14-9-7-6-8-13(14)11-17/h6-10H,4-5,11H2,1-3H3. The number of rotatable bonds is 4. The van der Waals surface area contributed by atoms with Gasteiger partial charge >= 0.3 is 11.9 Å². The molecular formula is C17H20O4. The molecule has 0 fully saturated rings. The molecule has 0 saturated carbocycles. The number of hydrogen-bond acceptors (Lipinski definition) is 4. The van der Waals surface area contributed by atoms with E-state index < -0.39 is 17.4 Å². The van der Waals surface area contributed by atoms with Gasteiger partial charge in [0.15, 0.2) is 5.41 Å². The molecule has 0 amide bonds. The maximum absolute atomic E-state index is 12.4. The number of fused-ring (bicyclic) bond motifs is 1. The summed E-state index contributed by atoms with van der Waals surface area (Å²) in [6.45, 7) is 5.81. The fourth-order valence-electron chi connectivity index (χ4n) is 2.72. The Labute approximate surface area is 124 Å². The quantitative estimate of drug-likeness (QED) is 0.631. The normalized spacial score (nSPS) is 15.7. The summed E-state index contributed by atoms with van der Waals surface area (Å²) in [5.41, 5.74) is 1.53. The van der Waals surface area contributed by atoms with Crippen LogP contribution in [0.5, 0.6) is 0 Å². The lowest BCUT2D eigenvalue weighted by atomic mass is 9.73. The van der Waals surface area contributed by atoms with E-state index >= 15 is 0 Å². The zero-order chi connectivity index (χ0) is 15.5. The molecule has 0 spiro atoms. The first-order chi connectivity index (χ1) is 10.0. The topological polar surface area (TPSA) is 52.6 Å². The molecule has 0 heterocycles. The van der Waals surface area contributed by atoms with Gasteiger partial charge in [-0.05, 0) is 37.5 Å². The highest BCUT2D eigenvalue weighted by Crippen LogP contribution is 2.39. The predicted octanol–water partition coefficient (Wildman–Crippen LogP) is 2.76. The number of esters is 2. The van der Waals surface area contributed by atoms with E-state index in [1.807, 2.05) is 31.2 Å². The van der Waals surface area contributed by atoms with Crippen molar-refractivity contribution in [2.45, 2.75) is 27.2 Å². The summed E-state index contributed by atoms with van der Waals surface area (Å²) in [5, 5.41) is 0. The van der Waals surface area contributed by atoms with Gasteiger partial charge in [0.1, 0.15) is 0 Å². The highest BCUT2D eigenvalue weighted by molar-refractivity contribution is 6.05. The average molecular weight is 288 g/mol. The van der Waals surface area contributed by atoms with Gasteiger partial charge < -0.3 is 9.47 Å². The van der Waals surface area contributed by atoms with Gasteiger partial charge in [-0.25, -0.2) is 0 Å². The molecule has 1 aromatic rings. The highest BCUT2D eigenvalue weighted by atomic mass is 16.6. The summed E-state index contributed by atoms with van der Waals surface area (Å²) in [4.78, 5) is 24.8. The van der Waals surface area contributed by atoms with E-state index in [2.05, 4.69) is 0 Å². The fourth-order valence-corrected chi connectivity index (χ4v) is 2.72. The monoisotopic (exact) mass is 288 g/mol. The molecule has 1 aromatic carbocycles. The summed E-state index contributed by atoms with van der Waals surface area (Å²) in [6, 6.07) is 7.76. The minimum atomic E-state index is -1.37. The van der Waals surface area contributed by atoms with E-state index in [9.17, 15) is 9.59 Å². The van der Waals surface area contributed by atoms with Crippen LogP contribution in [0.25, 0.3) is 5.57 Å². The van der Waals surface area contributed by atoms with E-state index in [0.29, 0.717) is 0 Å². The molecule has 21 heavy (non-hydrogen) atoms. The minimum Gasteiger partial charge on any atom is -0.465 e. The van der Waals surface area contributed by atoms with Gasteiger partial charge in [-0.15, -0.1) is 0 Å². The number of ether oxygens (including phenoxy) is 2. The Morgan fingerprint density at radius 2 is 1.67 bits per heavy atom. The zero-order valence-corrected chi connectivity index (χ0v) is 12.6.